The average Bonchev–Trinajstić information content (AvgIpc) is 2.96. The zero-order valence-electron chi connectivity index (χ0n) is 16.6. The maximum Gasteiger partial charge on any atom is 0.293 e. The highest BCUT2D eigenvalue weighted by atomic mass is 127. The molecule has 2 amide bonds. The lowest BCUT2D eigenvalue weighted by molar-refractivity contribution is -0.122. The SMILES string of the molecule is CCCN1C(=O)S/C(=C/c2cc(I)c(OCc3ccccc3F)c(OCC)c2)C1=O. The molecule has 2 aromatic rings. The summed E-state index contributed by atoms with van der Waals surface area (Å²) >= 11 is 3.06. The van der Waals surface area contributed by atoms with Gasteiger partial charge in [-0.25, -0.2) is 4.39 Å². The first-order valence-corrected chi connectivity index (χ1v) is 11.4. The van der Waals surface area contributed by atoms with Gasteiger partial charge < -0.3 is 9.47 Å². The Morgan fingerprint density at radius 2 is 1.93 bits per heavy atom. The molecule has 8 heteroatoms. The molecule has 3 rings (SSSR count). The molecule has 0 radical (unpaired) electrons. The molecule has 0 spiro atoms. The number of halogens is 2. The summed E-state index contributed by atoms with van der Waals surface area (Å²) in [5, 5.41) is -0.252. The van der Waals surface area contributed by atoms with E-state index in [9.17, 15) is 14.0 Å². The number of carbonyl (C=O) groups excluding carboxylic acids is 2. The molecule has 158 valence electrons. The second kappa shape index (κ2) is 10.3. The summed E-state index contributed by atoms with van der Waals surface area (Å²) in [6.45, 7) is 4.67. The first kappa shape index (κ1) is 22.6. The molecule has 5 nitrogen and oxygen atoms in total. The Morgan fingerprint density at radius 3 is 2.63 bits per heavy atom. The lowest BCUT2D eigenvalue weighted by Gasteiger charge is -2.15. The fourth-order valence-corrected chi connectivity index (χ4v) is 4.55. The Kier molecular flexibility index (Phi) is 7.76. The predicted octanol–water partition coefficient (Wildman–Crippen LogP) is 5.85. The third-order valence-corrected chi connectivity index (χ3v) is 5.99. The van der Waals surface area contributed by atoms with Gasteiger partial charge in [-0.3, -0.25) is 14.5 Å². The van der Waals surface area contributed by atoms with E-state index in [0.717, 1.165) is 20.9 Å². The van der Waals surface area contributed by atoms with E-state index in [1.54, 1.807) is 30.3 Å². The maximum atomic E-state index is 13.9. The van der Waals surface area contributed by atoms with Gasteiger partial charge in [0.15, 0.2) is 11.5 Å². The van der Waals surface area contributed by atoms with Gasteiger partial charge in [0, 0.05) is 12.1 Å². The number of hydrogen-bond donors (Lipinski definition) is 0. The summed E-state index contributed by atoms with van der Waals surface area (Å²) in [5.74, 6) is 0.404. The maximum absolute atomic E-state index is 13.9. The number of amides is 2. The van der Waals surface area contributed by atoms with E-state index in [2.05, 4.69) is 22.6 Å². The van der Waals surface area contributed by atoms with Crippen molar-refractivity contribution >= 4 is 51.6 Å². The van der Waals surface area contributed by atoms with Crippen LogP contribution in [0.3, 0.4) is 0 Å². The smallest absolute Gasteiger partial charge is 0.293 e. The van der Waals surface area contributed by atoms with E-state index in [1.165, 1.54) is 11.0 Å². The van der Waals surface area contributed by atoms with Gasteiger partial charge in [-0.15, -0.1) is 0 Å². The van der Waals surface area contributed by atoms with Gasteiger partial charge in [0.25, 0.3) is 11.1 Å². The minimum absolute atomic E-state index is 0.0675. The van der Waals surface area contributed by atoms with Crippen LogP contribution in [0.2, 0.25) is 0 Å². The zero-order chi connectivity index (χ0) is 21.7. The number of ether oxygens (including phenoxy) is 2. The van der Waals surface area contributed by atoms with E-state index < -0.39 is 0 Å². The van der Waals surface area contributed by atoms with Gasteiger partial charge in [-0.2, -0.15) is 0 Å². The van der Waals surface area contributed by atoms with Gasteiger partial charge in [0.2, 0.25) is 0 Å². The number of benzene rings is 2. The largest absolute Gasteiger partial charge is 0.490 e. The summed E-state index contributed by atoms with van der Waals surface area (Å²) in [6.07, 6.45) is 2.40. The predicted molar refractivity (Wildman–Crippen MR) is 124 cm³/mol. The molecule has 0 aliphatic carbocycles. The van der Waals surface area contributed by atoms with Crippen molar-refractivity contribution in [3.8, 4) is 11.5 Å². The Labute approximate surface area is 192 Å². The molecule has 1 saturated heterocycles. The molecule has 1 fully saturated rings. The minimum atomic E-state index is -0.329. The first-order valence-electron chi connectivity index (χ1n) is 9.52. The lowest BCUT2D eigenvalue weighted by Crippen LogP contribution is -2.28. The number of hydrogen-bond acceptors (Lipinski definition) is 5. The van der Waals surface area contributed by atoms with E-state index >= 15 is 0 Å². The Bertz CT molecular complexity index is 995. The standard InChI is InChI=1S/C22H21FINO4S/c1-3-9-25-21(26)19(30-22(25)27)12-14-10-17(24)20(18(11-14)28-4-2)29-13-15-7-5-6-8-16(15)23/h5-8,10-12H,3-4,9,13H2,1-2H3/b19-12+. The van der Waals surface area contributed by atoms with Crippen molar-refractivity contribution in [1.29, 1.82) is 0 Å². The van der Waals surface area contributed by atoms with Crippen LogP contribution in [-0.4, -0.2) is 29.2 Å². The normalized spacial score (nSPS) is 15.2. The van der Waals surface area contributed by atoms with Crippen molar-refractivity contribution < 1.29 is 23.5 Å². The summed E-state index contributed by atoms with van der Waals surface area (Å²) in [5.41, 5.74) is 1.17. The monoisotopic (exact) mass is 541 g/mol. The van der Waals surface area contributed by atoms with E-state index in [1.807, 2.05) is 19.9 Å². The van der Waals surface area contributed by atoms with Crippen molar-refractivity contribution in [3.05, 3.63) is 61.8 Å². The van der Waals surface area contributed by atoms with Crippen LogP contribution >= 0.6 is 34.4 Å². The first-order chi connectivity index (χ1) is 14.4. The summed E-state index contributed by atoms with van der Waals surface area (Å²) in [4.78, 5) is 26.2. The molecular formula is C22H21FINO4S. The van der Waals surface area contributed by atoms with Crippen LogP contribution in [-0.2, 0) is 11.4 Å². The molecule has 2 aromatic carbocycles. The van der Waals surface area contributed by atoms with Crippen molar-refractivity contribution in [2.75, 3.05) is 13.2 Å². The van der Waals surface area contributed by atoms with Crippen LogP contribution in [0.15, 0.2) is 41.3 Å². The molecule has 1 heterocycles. The minimum Gasteiger partial charge on any atom is -0.490 e. The number of thioether (sulfide) groups is 1. The van der Waals surface area contributed by atoms with Gasteiger partial charge in [-0.05, 0) is 77.5 Å². The van der Waals surface area contributed by atoms with Crippen molar-refractivity contribution in [2.45, 2.75) is 26.9 Å². The third-order valence-electron chi connectivity index (χ3n) is 4.28. The molecule has 1 aliphatic heterocycles. The average molecular weight is 541 g/mol. The summed E-state index contributed by atoms with van der Waals surface area (Å²) < 4.78 is 26.3. The Balaban J connectivity index is 1.87. The van der Waals surface area contributed by atoms with E-state index in [0.29, 0.717) is 41.5 Å². The fraction of sp³-hybridized carbons (Fsp3) is 0.273. The van der Waals surface area contributed by atoms with Crippen LogP contribution in [0.4, 0.5) is 9.18 Å². The van der Waals surface area contributed by atoms with Gasteiger partial charge in [0.05, 0.1) is 15.1 Å². The van der Waals surface area contributed by atoms with Crippen LogP contribution < -0.4 is 9.47 Å². The topological polar surface area (TPSA) is 55.8 Å². The molecular weight excluding hydrogens is 520 g/mol. The highest BCUT2D eigenvalue weighted by Gasteiger charge is 2.34. The molecule has 0 saturated carbocycles. The van der Waals surface area contributed by atoms with Crippen LogP contribution in [0.25, 0.3) is 6.08 Å². The number of nitrogens with zero attached hydrogens (tertiary/aromatic N) is 1. The van der Waals surface area contributed by atoms with Crippen LogP contribution in [0.1, 0.15) is 31.4 Å². The number of imide groups is 1. The molecule has 30 heavy (non-hydrogen) atoms. The van der Waals surface area contributed by atoms with Gasteiger partial charge in [-0.1, -0.05) is 25.1 Å². The van der Waals surface area contributed by atoms with Crippen LogP contribution in [0.5, 0.6) is 11.5 Å². The molecule has 0 atom stereocenters. The van der Waals surface area contributed by atoms with Crippen molar-refractivity contribution in [2.24, 2.45) is 0 Å². The fourth-order valence-electron chi connectivity index (χ4n) is 2.91. The highest BCUT2D eigenvalue weighted by molar-refractivity contribution is 14.1. The van der Waals surface area contributed by atoms with E-state index in [-0.39, 0.29) is 23.6 Å². The number of rotatable bonds is 8. The van der Waals surface area contributed by atoms with Gasteiger partial charge >= 0.3 is 0 Å². The molecule has 0 aromatic heterocycles. The highest BCUT2D eigenvalue weighted by Crippen LogP contribution is 2.38. The molecule has 0 unspecified atom stereocenters. The Morgan fingerprint density at radius 1 is 1.17 bits per heavy atom. The van der Waals surface area contributed by atoms with Crippen LogP contribution in [0, 0.1) is 9.39 Å². The van der Waals surface area contributed by atoms with Crippen molar-refractivity contribution in [3.63, 3.8) is 0 Å². The van der Waals surface area contributed by atoms with Gasteiger partial charge in [0.1, 0.15) is 12.4 Å². The Hall–Kier alpha value is -2.07. The molecule has 0 N–H and O–H groups in total. The molecule has 0 bridgehead atoms. The molecule has 1 aliphatic rings. The van der Waals surface area contributed by atoms with Crippen molar-refractivity contribution in [1.82, 2.24) is 4.90 Å². The quantitative estimate of drug-likeness (QED) is 0.310. The summed E-state index contributed by atoms with van der Waals surface area (Å²) in [7, 11) is 0. The van der Waals surface area contributed by atoms with E-state index in [4.69, 9.17) is 9.47 Å². The third kappa shape index (κ3) is 5.15. The number of carbonyl (C=O) groups is 2. The lowest BCUT2D eigenvalue weighted by atomic mass is 10.1. The summed E-state index contributed by atoms with van der Waals surface area (Å²) in [6, 6.07) is 10.0. The second-order valence-corrected chi connectivity index (χ2v) is 8.63. The zero-order valence-corrected chi connectivity index (χ0v) is 19.6. The second-order valence-electron chi connectivity index (χ2n) is 6.48.